The van der Waals surface area contributed by atoms with Crippen LogP contribution in [0.4, 0.5) is 0 Å². The number of amides is 1. The molecule has 1 unspecified atom stereocenters. The average Bonchev–Trinajstić information content (AvgIpc) is 2.49. The van der Waals surface area contributed by atoms with Gasteiger partial charge in [-0.2, -0.15) is 0 Å². The van der Waals surface area contributed by atoms with E-state index in [0.29, 0.717) is 6.42 Å². The molecule has 0 bridgehead atoms. The third kappa shape index (κ3) is 4.64. The number of carbonyl (C=O) groups excluding carboxylic acids is 1. The van der Waals surface area contributed by atoms with Crippen molar-refractivity contribution in [2.45, 2.75) is 51.5 Å². The highest BCUT2D eigenvalue weighted by molar-refractivity contribution is 5.75. The van der Waals surface area contributed by atoms with Crippen molar-refractivity contribution >= 4 is 5.91 Å². The highest BCUT2D eigenvalue weighted by Gasteiger charge is 2.33. The second-order valence-corrected chi connectivity index (χ2v) is 5.14. The number of nitrogens with zero attached hydrogens (tertiary/aromatic N) is 1. The Hall–Kier alpha value is -0.610. The second-order valence-electron chi connectivity index (χ2n) is 5.14. The molecule has 0 radical (unpaired) electrons. The summed E-state index contributed by atoms with van der Waals surface area (Å²) in [5, 5.41) is 3.57. The fourth-order valence-electron chi connectivity index (χ4n) is 2.71. The zero-order valence-electron chi connectivity index (χ0n) is 11.3. The van der Waals surface area contributed by atoms with Crippen LogP contribution in [0.15, 0.2) is 0 Å². The van der Waals surface area contributed by atoms with Crippen LogP contribution >= 0.6 is 0 Å². The predicted octanol–water partition coefficient (Wildman–Crippen LogP) is 1.11. The van der Waals surface area contributed by atoms with Gasteiger partial charge in [-0.25, -0.2) is 0 Å². The summed E-state index contributed by atoms with van der Waals surface area (Å²) in [6.45, 7) is 8.63. The highest BCUT2D eigenvalue weighted by atomic mass is 16.1. The zero-order valence-corrected chi connectivity index (χ0v) is 11.3. The maximum atomic E-state index is 11.3. The fourth-order valence-corrected chi connectivity index (χ4v) is 2.71. The molecule has 1 atom stereocenters. The SMILES string of the molecule is CCCNC1(CC(N)=O)CCCN(CC)CC1. The molecule has 3 N–H and O–H groups in total. The van der Waals surface area contributed by atoms with E-state index in [-0.39, 0.29) is 11.4 Å². The smallest absolute Gasteiger partial charge is 0.219 e. The van der Waals surface area contributed by atoms with E-state index >= 15 is 0 Å². The lowest BCUT2D eigenvalue weighted by molar-refractivity contribution is -0.119. The van der Waals surface area contributed by atoms with E-state index in [4.69, 9.17) is 5.73 Å². The van der Waals surface area contributed by atoms with Crippen LogP contribution in [0.2, 0.25) is 0 Å². The molecule has 0 aromatic carbocycles. The van der Waals surface area contributed by atoms with Gasteiger partial charge in [-0.3, -0.25) is 4.79 Å². The molecule has 17 heavy (non-hydrogen) atoms. The Balaban J connectivity index is 2.64. The van der Waals surface area contributed by atoms with Gasteiger partial charge in [-0.15, -0.1) is 0 Å². The van der Waals surface area contributed by atoms with Crippen molar-refractivity contribution in [1.82, 2.24) is 10.2 Å². The molecule has 0 aromatic rings. The minimum Gasteiger partial charge on any atom is -0.370 e. The van der Waals surface area contributed by atoms with Crippen LogP contribution in [0.3, 0.4) is 0 Å². The lowest BCUT2D eigenvalue weighted by atomic mass is 9.86. The van der Waals surface area contributed by atoms with E-state index in [2.05, 4.69) is 24.1 Å². The van der Waals surface area contributed by atoms with Crippen LogP contribution in [0.25, 0.3) is 0 Å². The molecule has 1 fully saturated rings. The van der Waals surface area contributed by atoms with Gasteiger partial charge in [0.05, 0.1) is 0 Å². The Bertz CT molecular complexity index is 245. The summed E-state index contributed by atoms with van der Waals surface area (Å²) in [6.07, 6.45) is 4.82. The van der Waals surface area contributed by atoms with Gasteiger partial charge in [0.25, 0.3) is 0 Å². The number of likely N-dealkylation sites (tertiary alicyclic amines) is 1. The van der Waals surface area contributed by atoms with Crippen LogP contribution in [-0.4, -0.2) is 42.5 Å². The molecule has 1 heterocycles. The summed E-state index contributed by atoms with van der Waals surface area (Å²) in [4.78, 5) is 13.7. The first kappa shape index (κ1) is 14.5. The van der Waals surface area contributed by atoms with Crippen molar-refractivity contribution in [2.24, 2.45) is 5.73 Å². The molecule has 0 aliphatic carbocycles. The molecule has 0 saturated carbocycles. The van der Waals surface area contributed by atoms with Gasteiger partial charge in [0.15, 0.2) is 0 Å². The first-order valence-corrected chi connectivity index (χ1v) is 6.87. The zero-order chi connectivity index (χ0) is 12.7. The van der Waals surface area contributed by atoms with E-state index in [1.54, 1.807) is 0 Å². The van der Waals surface area contributed by atoms with Crippen LogP contribution in [0, 0.1) is 0 Å². The number of hydrogen-bond donors (Lipinski definition) is 2. The van der Waals surface area contributed by atoms with Crippen molar-refractivity contribution in [3.63, 3.8) is 0 Å². The Kier molecular flexibility index (Phi) is 5.92. The molecule has 0 spiro atoms. The lowest BCUT2D eigenvalue weighted by Gasteiger charge is -2.33. The summed E-state index contributed by atoms with van der Waals surface area (Å²) >= 11 is 0. The fraction of sp³-hybridized carbons (Fsp3) is 0.923. The summed E-state index contributed by atoms with van der Waals surface area (Å²) < 4.78 is 0. The average molecular weight is 241 g/mol. The van der Waals surface area contributed by atoms with Gasteiger partial charge in [-0.1, -0.05) is 13.8 Å². The van der Waals surface area contributed by atoms with Crippen LogP contribution in [0.5, 0.6) is 0 Å². The monoisotopic (exact) mass is 241 g/mol. The third-order valence-electron chi connectivity index (χ3n) is 3.75. The number of rotatable bonds is 6. The van der Waals surface area contributed by atoms with Crippen LogP contribution in [0.1, 0.15) is 46.0 Å². The Morgan fingerprint density at radius 1 is 1.35 bits per heavy atom. The number of primary amides is 1. The molecular weight excluding hydrogens is 214 g/mol. The first-order chi connectivity index (χ1) is 8.12. The predicted molar refractivity (Wildman–Crippen MR) is 70.8 cm³/mol. The van der Waals surface area contributed by atoms with E-state index < -0.39 is 0 Å². The van der Waals surface area contributed by atoms with E-state index in [9.17, 15) is 4.79 Å². The Morgan fingerprint density at radius 3 is 2.71 bits per heavy atom. The minimum atomic E-state index is -0.182. The molecule has 1 aliphatic heterocycles. The molecule has 1 saturated heterocycles. The van der Waals surface area contributed by atoms with Gasteiger partial charge in [0, 0.05) is 12.0 Å². The number of hydrogen-bond acceptors (Lipinski definition) is 3. The van der Waals surface area contributed by atoms with E-state index in [1.807, 2.05) is 0 Å². The summed E-state index contributed by atoms with van der Waals surface area (Å²) in [5.41, 5.74) is 5.36. The maximum Gasteiger partial charge on any atom is 0.219 e. The van der Waals surface area contributed by atoms with Crippen molar-refractivity contribution in [1.29, 1.82) is 0 Å². The van der Waals surface area contributed by atoms with Crippen molar-refractivity contribution in [3.8, 4) is 0 Å². The largest absolute Gasteiger partial charge is 0.370 e. The molecular formula is C13H27N3O. The van der Waals surface area contributed by atoms with Crippen LogP contribution in [-0.2, 0) is 4.79 Å². The standard InChI is InChI=1S/C13H27N3O/c1-3-8-15-13(11-12(14)17)6-5-9-16(4-2)10-7-13/h15H,3-11H2,1-2H3,(H2,14,17). The van der Waals surface area contributed by atoms with Crippen molar-refractivity contribution < 1.29 is 4.79 Å². The minimum absolute atomic E-state index is 0.0498. The molecule has 4 nitrogen and oxygen atoms in total. The molecule has 1 rings (SSSR count). The van der Waals surface area contributed by atoms with Gasteiger partial charge in [-0.05, 0) is 51.9 Å². The number of nitrogens with one attached hydrogen (secondary N) is 1. The van der Waals surface area contributed by atoms with E-state index in [1.165, 1.54) is 0 Å². The first-order valence-electron chi connectivity index (χ1n) is 6.87. The van der Waals surface area contributed by atoms with Gasteiger partial charge >= 0.3 is 0 Å². The number of carbonyl (C=O) groups is 1. The van der Waals surface area contributed by atoms with E-state index in [0.717, 1.165) is 51.9 Å². The molecule has 1 aliphatic rings. The maximum absolute atomic E-state index is 11.3. The van der Waals surface area contributed by atoms with Crippen molar-refractivity contribution in [2.75, 3.05) is 26.2 Å². The molecule has 0 aromatic heterocycles. The normalized spacial score (nSPS) is 26.7. The third-order valence-corrected chi connectivity index (χ3v) is 3.75. The molecule has 1 amide bonds. The quantitative estimate of drug-likeness (QED) is 0.732. The topological polar surface area (TPSA) is 58.4 Å². The summed E-state index contributed by atoms with van der Waals surface area (Å²) in [5.74, 6) is -0.182. The molecule has 100 valence electrons. The summed E-state index contributed by atoms with van der Waals surface area (Å²) in [7, 11) is 0. The van der Waals surface area contributed by atoms with Gasteiger partial charge in [0.2, 0.25) is 5.91 Å². The Labute approximate surface area is 105 Å². The lowest BCUT2D eigenvalue weighted by Crippen LogP contribution is -2.49. The molecule has 4 heteroatoms. The van der Waals surface area contributed by atoms with Crippen molar-refractivity contribution in [3.05, 3.63) is 0 Å². The van der Waals surface area contributed by atoms with Gasteiger partial charge in [0.1, 0.15) is 0 Å². The van der Waals surface area contributed by atoms with Gasteiger partial charge < -0.3 is 16.0 Å². The second kappa shape index (κ2) is 6.97. The highest BCUT2D eigenvalue weighted by Crippen LogP contribution is 2.25. The Morgan fingerprint density at radius 2 is 2.12 bits per heavy atom. The number of nitrogens with two attached hydrogens (primary N) is 1. The van der Waals surface area contributed by atoms with Crippen LogP contribution < -0.4 is 11.1 Å². The summed E-state index contributed by atoms with van der Waals surface area (Å²) in [6, 6.07) is 0.